The summed E-state index contributed by atoms with van der Waals surface area (Å²) in [7, 11) is 0. The van der Waals surface area contributed by atoms with E-state index in [9.17, 15) is 24.8 Å². The second-order valence-electron chi connectivity index (χ2n) is 9.12. The van der Waals surface area contributed by atoms with Gasteiger partial charge in [-0.25, -0.2) is 4.39 Å². The molecule has 1 aliphatic rings. The first-order chi connectivity index (χ1) is 15.6. The third kappa shape index (κ3) is 4.49. The Hall–Kier alpha value is -2.13. The smallest absolute Gasteiger partial charge is 0.123 e. The number of halogens is 1. The summed E-state index contributed by atoms with van der Waals surface area (Å²) in [5.41, 5.74) is 3.33. The van der Waals surface area contributed by atoms with Crippen LogP contribution >= 0.6 is 11.3 Å². The van der Waals surface area contributed by atoms with Gasteiger partial charge in [0.15, 0.2) is 0 Å². The van der Waals surface area contributed by atoms with Gasteiger partial charge in [-0.15, -0.1) is 11.3 Å². The van der Waals surface area contributed by atoms with Gasteiger partial charge in [-0.1, -0.05) is 44.2 Å². The van der Waals surface area contributed by atoms with E-state index in [4.69, 9.17) is 4.74 Å². The molecule has 0 radical (unpaired) electrons. The lowest BCUT2D eigenvalue weighted by atomic mass is 9.79. The largest absolute Gasteiger partial charge is 0.394 e. The van der Waals surface area contributed by atoms with Crippen LogP contribution in [-0.2, 0) is 10.2 Å². The third-order valence-corrected chi connectivity index (χ3v) is 7.96. The molecule has 1 aromatic heterocycles. The molecule has 3 aromatic rings. The van der Waals surface area contributed by atoms with Gasteiger partial charge in [0.2, 0.25) is 0 Å². The molecule has 7 heteroatoms. The van der Waals surface area contributed by atoms with Gasteiger partial charge in [0.05, 0.1) is 6.61 Å². The molecular formula is C26H29FO5S. The minimum Gasteiger partial charge on any atom is -0.394 e. The van der Waals surface area contributed by atoms with Gasteiger partial charge < -0.3 is 25.2 Å². The lowest BCUT2D eigenvalue weighted by Crippen LogP contribution is -2.55. The van der Waals surface area contributed by atoms with Crippen LogP contribution in [-0.4, -0.2) is 51.4 Å². The van der Waals surface area contributed by atoms with Crippen LogP contribution in [0.15, 0.2) is 54.6 Å². The molecule has 0 bridgehead atoms. The Morgan fingerprint density at radius 2 is 1.64 bits per heavy atom. The fourth-order valence-corrected chi connectivity index (χ4v) is 5.57. The average molecular weight is 473 g/mol. The van der Waals surface area contributed by atoms with Crippen LogP contribution in [0, 0.1) is 12.7 Å². The molecule has 176 valence electrons. The number of ether oxygens (including phenoxy) is 1. The SMILES string of the molecule is Cc1ccc(C2OC(CO)C(O)C(O)C2O)cc1C(C)(C)c1ccc(-c2ccc(F)cc2)s1. The lowest BCUT2D eigenvalue weighted by Gasteiger charge is -2.40. The molecule has 1 aliphatic heterocycles. The van der Waals surface area contributed by atoms with Crippen LogP contribution in [0.25, 0.3) is 10.4 Å². The normalized spacial score (nSPS) is 25.9. The number of aryl methyl sites for hydroxylation is 1. The van der Waals surface area contributed by atoms with Crippen molar-refractivity contribution in [3.8, 4) is 10.4 Å². The third-order valence-electron chi connectivity index (χ3n) is 6.51. The van der Waals surface area contributed by atoms with Gasteiger partial charge in [0, 0.05) is 15.2 Å². The van der Waals surface area contributed by atoms with Crippen LogP contribution in [0.1, 0.15) is 41.5 Å². The first kappa shape index (κ1) is 24.0. The van der Waals surface area contributed by atoms with Crippen molar-refractivity contribution >= 4 is 11.3 Å². The summed E-state index contributed by atoms with van der Waals surface area (Å²) in [6, 6.07) is 16.3. The van der Waals surface area contributed by atoms with E-state index >= 15 is 0 Å². The molecule has 5 unspecified atom stereocenters. The van der Waals surface area contributed by atoms with Crippen molar-refractivity contribution in [1.29, 1.82) is 0 Å². The first-order valence-corrected chi connectivity index (χ1v) is 11.7. The quantitative estimate of drug-likeness (QED) is 0.455. The van der Waals surface area contributed by atoms with Gasteiger partial charge in [0.1, 0.15) is 36.3 Å². The Labute approximate surface area is 196 Å². The van der Waals surface area contributed by atoms with E-state index in [1.165, 1.54) is 12.1 Å². The van der Waals surface area contributed by atoms with E-state index in [1.54, 1.807) is 23.5 Å². The number of aliphatic hydroxyl groups is 4. The molecule has 1 fully saturated rings. The van der Waals surface area contributed by atoms with E-state index in [2.05, 4.69) is 19.9 Å². The van der Waals surface area contributed by atoms with E-state index in [0.29, 0.717) is 5.56 Å². The van der Waals surface area contributed by atoms with Gasteiger partial charge >= 0.3 is 0 Å². The van der Waals surface area contributed by atoms with Crippen molar-refractivity contribution in [3.63, 3.8) is 0 Å². The van der Waals surface area contributed by atoms with Crippen molar-refractivity contribution in [3.05, 3.63) is 82.0 Å². The number of hydrogen-bond acceptors (Lipinski definition) is 6. The van der Waals surface area contributed by atoms with Crippen molar-refractivity contribution in [2.24, 2.45) is 0 Å². The molecule has 33 heavy (non-hydrogen) atoms. The van der Waals surface area contributed by atoms with Crippen LogP contribution in [0.5, 0.6) is 0 Å². The molecule has 2 heterocycles. The number of benzene rings is 2. The highest BCUT2D eigenvalue weighted by molar-refractivity contribution is 7.15. The second-order valence-corrected chi connectivity index (χ2v) is 10.2. The fourth-order valence-electron chi connectivity index (χ4n) is 4.44. The highest BCUT2D eigenvalue weighted by Gasteiger charge is 2.44. The second kappa shape index (κ2) is 9.25. The molecule has 4 rings (SSSR count). The van der Waals surface area contributed by atoms with E-state index < -0.39 is 37.1 Å². The molecule has 5 atom stereocenters. The number of aliphatic hydroxyl groups excluding tert-OH is 4. The first-order valence-electron chi connectivity index (χ1n) is 10.9. The summed E-state index contributed by atoms with van der Waals surface area (Å²) in [5.74, 6) is -0.267. The van der Waals surface area contributed by atoms with Crippen molar-refractivity contribution in [1.82, 2.24) is 0 Å². The molecule has 4 N–H and O–H groups in total. The summed E-state index contributed by atoms with van der Waals surface area (Å²) in [4.78, 5) is 2.16. The summed E-state index contributed by atoms with van der Waals surface area (Å²) in [6.07, 6.45) is -5.98. The Balaban J connectivity index is 1.68. The summed E-state index contributed by atoms with van der Waals surface area (Å²) >= 11 is 1.64. The average Bonchev–Trinajstić information content (AvgIpc) is 3.30. The maximum Gasteiger partial charge on any atom is 0.123 e. The van der Waals surface area contributed by atoms with E-state index in [0.717, 1.165) is 26.4 Å². The van der Waals surface area contributed by atoms with Crippen molar-refractivity contribution in [2.45, 2.75) is 56.7 Å². The van der Waals surface area contributed by atoms with Crippen LogP contribution in [0.3, 0.4) is 0 Å². The minimum atomic E-state index is -1.42. The highest BCUT2D eigenvalue weighted by atomic mass is 32.1. The summed E-state index contributed by atoms with van der Waals surface area (Å²) in [5, 5.41) is 40.4. The topological polar surface area (TPSA) is 90.2 Å². The highest BCUT2D eigenvalue weighted by Crippen LogP contribution is 2.42. The zero-order chi connectivity index (χ0) is 23.9. The molecule has 2 aromatic carbocycles. The van der Waals surface area contributed by atoms with E-state index in [-0.39, 0.29) is 11.2 Å². The Bertz CT molecular complexity index is 1110. The van der Waals surface area contributed by atoms with Crippen LogP contribution in [0.2, 0.25) is 0 Å². The Morgan fingerprint density at radius 3 is 2.30 bits per heavy atom. The fraction of sp³-hybridized carbons (Fsp3) is 0.385. The molecule has 0 amide bonds. The number of rotatable bonds is 5. The molecule has 1 saturated heterocycles. The van der Waals surface area contributed by atoms with Crippen molar-refractivity contribution < 1.29 is 29.6 Å². The van der Waals surface area contributed by atoms with Crippen molar-refractivity contribution in [2.75, 3.05) is 6.61 Å². The van der Waals surface area contributed by atoms with E-state index in [1.807, 2.05) is 31.2 Å². The molecule has 0 aliphatic carbocycles. The maximum atomic E-state index is 13.3. The Kier molecular flexibility index (Phi) is 6.73. The molecule has 0 spiro atoms. The van der Waals surface area contributed by atoms with Gasteiger partial charge in [0.25, 0.3) is 0 Å². The van der Waals surface area contributed by atoms with Gasteiger partial charge in [-0.05, 0) is 53.4 Å². The lowest BCUT2D eigenvalue weighted by molar-refractivity contribution is -0.231. The standard InChI is InChI=1S/C26H29FO5S/c1-14-4-5-16(25-24(31)23(30)22(29)19(13-28)32-25)12-18(14)26(2,3)21-11-10-20(33-21)15-6-8-17(27)9-7-15/h4-12,19,22-25,28-31H,13H2,1-3H3. The van der Waals surface area contributed by atoms with Crippen LogP contribution < -0.4 is 0 Å². The zero-order valence-electron chi connectivity index (χ0n) is 18.8. The Morgan fingerprint density at radius 1 is 0.939 bits per heavy atom. The van der Waals surface area contributed by atoms with Gasteiger partial charge in [-0.2, -0.15) is 0 Å². The predicted octanol–water partition coefficient (Wildman–Crippen LogP) is 3.70. The molecule has 5 nitrogen and oxygen atoms in total. The zero-order valence-corrected chi connectivity index (χ0v) is 19.6. The monoisotopic (exact) mass is 472 g/mol. The molecular weight excluding hydrogens is 443 g/mol. The molecule has 0 saturated carbocycles. The summed E-state index contributed by atoms with van der Waals surface area (Å²) < 4.78 is 19.1. The van der Waals surface area contributed by atoms with Gasteiger partial charge in [-0.3, -0.25) is 0 Å². The minimum absolute atomic E-state index is 0.267. The number of hydrogen-bond donors (Lipinski definition) is 4. The summed E-state index contributed by atoms with van der Waals surface area (Å²) in [6.45, 7) is 5.79. The number of thiophene rings is 1. The maximum absolute atomic E-state index is 13.3. The predicted molar refractivity (Wildman–Crippen MR) is 126 cm³/mol. The van der Waals surface area contributed by atoms with Crippen LogP contribution in [0.4, 0.5) is 4.39 Å².